The maximum absolute atomic E-state index is 11.4. The molecule has 1 rings (SSSR count). The van der Waals surface area contributed by atoms with E-state index in [9.17, 15) is 4.79 Å². The van der Waals surface area contributed by atoms with Crippen LogP contribution < -0.4 is 5.43 Å². The highest BCUT2D eigenvalue weighted by atomic mass is 16.2. The van der Waals surface area contributed by atoms with Crippen molar-refractivity contribution in [1.82, 2.24) is 5.43 Å². The van der Waals surface area contributed by atoms with E-state index in [-0.39, 0.29) is 5.91 Å². The SMILES string of the molecule is CC(C)CC(=O)NN=C1CCCC(C)C1. The topological polar surface area (TPSA) is 41.5 Å². The lowest BCUT2D eigenvalue weighted by Gasteiger charge is -2.19. The fraction of sp³-hybridized carbons (Fsp3) is 0.833. The number of nitrogens with one attached hydrogen (secondary N) is 1. The maximum Gasteiger partial charge on any atom is 0.240 e. The molecular weight excluding hydrogens is 188 g/mol. The molecule has 1 fully saturated rings. The van der Waals surface area contributed by atoms with Crippen LogP contribution in [0, 0.1) is 11.8 Å². The van der Waals surface area contributed by atoms with Crippen LogP contribution in [0.2, 0.25) is 0 Å². The first-order chi connectivity index (χ1) is 7.08. The van der Waals surface area contributed by atoms with Gasteiger partial charge in [-0.25, -0.2) is 5.43 Å². The van der Waals surface area contributed by atoms with Gasteiger partial charge in [0.25, 0.3) is 0 Å². The molecule has 1 aliphatic carbocycles. The van der Waals surface area contributed by atoms with Crippen LogP contribution in [0.25, 0.3) is 0 Å². The first-order valence-corrected chi connectivity index (χ1v) is 5.92. The van der Waals surface area contributed by atoms with E-state index in [1.165, 1.54) is 12.8 Å². The molecular formula is C12H22N2O. The Morgan fingerprint density at radius 1 is 1.60 bits per heavy atom. The van der Waals surface area contributed by atoms with Gasteiger partial charge < -0.3 is 0 Å². The van der Waals surface area contributed by atoms with Gasteiger partial charge in [-0.1, -0.05) is 20.8 Å². The quantitative estimate of drug-likeness (QED) is 0.715. The van der Waals surface area contributed by atoms with Crippen molar-refractivity contribution < 1.29 is 4.79 Å². The molecule has 1 saturated carbocycles. The maximum atomic E-state index is 11.4. The summed E-state index contributed by atoms with van der Waals surface area (Å²) in [5, 5.41) is 4.20. The predicted molar refractivity (Wildman–Crippen MR) is 62.7 cm³/mol. The van der Waals surface area contributed by atoms with Crippen molar-refractivity contribution in [1.29, 1.82) is 0 Å². The third-order valence-corrected chi connectivity index (χ3v) is 2.68. The monoisotopic (exact) mass is 210 g/mol. The Hall–Kier alpha value is -0.860. The van der Waals surface area contributed by atoms with Crippen molar-refractivity contribution in [2.45, 2.75) is 52.9 Å². The molecule has 0 aliphatic heterocycles. The summed E-state index contributed by atoms with van der Waals surface area (Å²) < 4.78 is 0. The average Bonchev–Trinajstić information content (AvgIpc) is 2.14. The summed E-state index contributed by atoms with van der Waals surface area (Å²) in [7, 11) is 0. The summed E-state index contributed by atoms with van der Waals surface area (Å²) in [6.07, 6.45) is 5.15. The van der Waals surface area contributed by atoms with Gasteiger partial charge in [0, 0.05) is 12.1 Å². The summed E-state index contributed by atoms with van der Waals surface area (Å²) in [6, 6.07) is 0. The minimum Gasteiger partial charge on any atom is -0.273 e. The van der Waals surface area contributed by atoms with Crippen molar-refractivity contribution in [2.75, 3.05) is 0 Å². The lowest BCUT2D eigenvalue weighted by molar-refractivity contribution is -0.121. The normalized spacial score (nSPS) is 24.5. The number of amides is 1. The minimum atomic E-state index is 0.0377. The van der Waals surface area contributed by atoms with E-state index >= 15 is 0 Å². The zero-order chi connectivity index (χ0) is 11.3. The molecule has 15 heavy (non-hydrogen) atoms. The van der Waals surface area contributed by atoms with Crippen LogP contribution in [0.15, 0.2) is 5.10 Å². The Labute approximate surface area is 92.3 Å². The van der Waals surface area contributed by atoms with Crippen LogP contribution in [-0.2, 0) is 4.79 Å². The van der Waals surface area contributed by atoms with Gasteiger partial charge in [-0.2, -0.15) is 5.10 Å². The highest BCUT2D eigenvalue weighted by Gasteiger charge is 2.14. The lowest BCUT2D eigenvalue weighted by Crippen LogP contribution is -2.23. The second-order valence-corrected chi connectivity index (χ2v) is 5.01. The zero-order valence-electron chi connectivity index (χ0n) is 10.0. The number of carbonyl (C=O) groups is 1. The van der Waals surface area contributed by atoms with Gasteiger partial charge in [-0.15, -0.1) is 0 Å². The molecule has 0 spiro atoms. The standard InChI is InChI=1S/C12H22N2O/c1-9(2)7-12(15)14-13-11-6-4-5-10(3)8-11/h9-10H,4-8H2,1-3H3,(H,14,15). The summed E-state index contributed by atoms with van der Waals surface area (Å²) in [6.45, 7) is 6.31. The zero-order valence-corrected chi connectivity index (χ0v) is 10.0. The summed E-state index contributed by atoms with van der Waals surface area (Å²) in [5.41, 5.74) is 3.81. The Balaban J connectivity index is 2.33. The van der Waals surface area contributed by atoms with E-state index < -0.39 is 0 Å². The van der Waals surface area contributed by atoms with Crippen molar-refractivity contribution in [3.05, 3.63) is 0 Å². The molecule has 0 aromatic heterocycles. The number of rotatable bonds is 3. The summed E-state index contributed by atoms with van der Waals surface area (Å²) in [5.74, 6) is 1.16. The van der Waals surface area contributed by atoms with Crippen LogP contribution in [0.4, 0.5) is 0 Å². The smallest absolute Gasteiger partial charge is 0.240 e. The highest BCUT2D eigenvalue weighted by molar-refractivity contribution is 5.87. The average molecular weight is 210 g/mol. The van der Waals surface area contributed by atoms with Crippen molar-refractivity contribution in [3.63, 3.8) is 0 Å². The summed E-state index contributed by atoms with van der Waals surface area (Å²) in [4.78, 5) is 11.4. The van der Waals surface area contributed by atoms with E-state index in [0.717, 1.165) is 24.5 Å². The van der Waals surface area contributed by atoms with Crippen LogP contribution in [0.1, 0.15) is 52.9 Å². The van der Waals surface area contributed by atoms with Gasteiger partial charge in [-0.05, 0) is 37.5 Å². The molecule has 86 valence electrons. The van der Waals surface area contributed by atoms with E-state index in [0.29, 0.717) is 12.3 Å². The van der Waals surface area contributed by atoms with E-state index in [1.54, 1.807) is 0 Å². The third-order valence-electron chi connectivity index (χ3n) is 2.68. The Kier molecular flexibility index (Phi) is 4.79. The highest BCUT2D eigenvalue weighted by Crippen LogP contribution is 2.20. The van der Waals surface area contributed by atoms with E-state index in [1.807, 2.05) is 13.8 Å². The van der Waals surface area contributed by atoms with Gasteiger partial charge in [0.2, 0.25) is 5.91 Å². The lowest BCUT2D eigenvalue weighted by atomic mass is 9.89. The second kappa shape index (κ2) is 5.89. The molecule has 1 N–H and O–H groups in total. The van der Waals surface area contributed by atoms with Crippen molar-refractivity contribution in [2.24, 2.45) is 16.9 Å². The first kappa shape index (κ1) is 12.2. The fourth-order valence-corrected chi connectivity index (χ4v) is 1.92. The van der Waals surface area contributed by atoms with Gasteiger partial charge in [0.15, 0.2) is 0 Å². The Morgan fingerprint density at radius 3 is 2.93 bits per heavy atom. The van der Waals surface area contributed by atoms with Crippen LogP contribution >= 0.6 is 0 Å². The van der Waals surface area contributed by atoms with Crippen LogP contribution in [0.3, 0.4) is 0 Å². The Morgan fingerprint density at radius 2 is 2.33 bits per heavy atom. The molecule has 0 radical (unpaired) electrons. The molecule has 1 atom stereocenters. The van der Waals surface area contributed by atoms with Crippen LogP contribution in [-0.4, -0.2) is 11.6 Å². The molecule has 1 amide bonds. The molecule has 0 aromatic rings. The van der Waals surface area contributed by atoms with Gasteiger partial charge in [0.05, 0.1) is 0 Å². The van der Waals surface area contributed by atoms with E-state index in [4.69, 9.17) is 0 Å². The molecule has 0 heterocycles. The second-order valence-electron chi connectivity index (χ2n) is 5.01. The molecule has 1 aliphatic rings. The minimum absolute atomic E-state index is 0.0377. The number of hydrogen-bond donors (Lipinski definition) is 1. The van der Waals surface area contributed by atoms with E-state index in [2.05, 4.69) is 17.5 Å². The van der Waals surface area contributed by atoms with Crippen molar-refractivity contribution >= 4 is 11.6 Å². The molecule has 3 heteroatoms. The number of nitrogens with zero attached hydrogens (tertiary/aromatic N) is 1. The molecule has 3 nitrogen and oxygen atoms in total. The molecule has 0 aromatic carbocycles. The van der Waals surface area contributed by atoms with Crippen molar-refractivity contribution in [3.8, 4) is 0 Å². The number of carbonyl (C=O) groups excluding carboxylic acids is 1. The van der Waals surface area contributed by atoms with Crippen LogP contribution in [0.5, 0.6) is 0 Å². The predicted octanol–water partition coefficient (Wildman–Crippen LogP) is 2.71. The van der Waals surface area contributed by atoms with Gasteiger partial charge in [-0.3, -0.25) is 4.79 Å². The van der Waals surface area contributed by atoms with Gasteiger partial charge >= 0.3 is 0 Å². The number of hydrogen-bond acceptors (Lipinski definition) is 2. The first-order valence-electron chi connectivity index (χ1n) is 5.92. The van der Waals surface area contributed by atoms with Gasteiger partial charge in [0.1, 0.15) is 0 Å². The largest absolute Gasteiger partial charge is 0.273 e. The molecule has 0 bridgehead atoms. The molecule has 0 saturated heterocycles. The molecule has 1 unspecified atom stereocenters. The summed E-state index contributed by atoms with van der Waals surface area (Å²) >= 11 is 0. The fourth-order valence-electron chi connectivity index (χ4n) is 1.92. The number of hydrazone groups is 1. The Bertz CT molecular complexity index is 246. The third kappa shape index (κ3) is 4.96.